The summed E-state index contributed by atoms with van der Waals surface area (Å²) in [7, 11) is 0. The van der Waals surface area contributed by atoms with E-state index in [4.69, 9.17) is 26.8 Å². The third-order valence-corrected chi connectivity index (χ3v) is 5.90. The fourth-order valence-corrected chi connectivity index (χ4v) is 4.12. The normalized spacial score (nSPS) is 13.8. The average Bonchev–Trinajstić information content (AvgIpc) is 2.83. The highest BCUT2D eigenvalue weighted by molar-refractivity contribution is 6.31. The summed E-state index contributed by atoms with van der Waals surface area (Å²) in [5.74, 6) is -0.620. The van der Waals surface area contributed by atoms with E-state index in [1.165, 1.54) is 0 Å². The number of esters is 1. The molecule has 0 bridgehead atoms. The molecule has 0 aromatic heterocycles. The first-order valence-corrected chi connectivity index (χ1v) is 12.2. The number of carbonyl (C=O) groups is 2. The fourth-order valence-electron chi connectivity index (χ4n) is 3.85. The van der Waals surface area contributed by atoms with E-state index in [9.17, 15) is 9.59 Å². The van der Waals surface area contributed by atoms with Crippen LogP contribution in [0.5, 0.6) is 0 Å². The SMILES string of the molecule is Cc1ccc(C(OC(=O)C(N)CCNC(=O)OC(C)(C)C)(c2ccccc2)c2ccccc2Cl)cc1. The summed E-state index contributed by atoms with van der Waals surface area (Å²) >= 11 is 6.69. The lowest BCUT2D eigenvalue weighted by Gasteiger charge is -2.36. The molecule has 0 radical (unpaired) electrons. The zero-order valence-electron chi connectivity index (χ0n) is 21.1. The van der Waals surface area contributed by atoms with Crippen LogP contribution in [0, 0.1) is 6.92 Å². The number of benzene rings is 3. The summed E-state index contributed by atoms with van der Waals surface area (Å²) < 4.78 is 11.6. The standard InChI is InChI=1S/C29H33ClN2O4/c1-20-14-16-22(17-15-20)29(21-10-6-5-7-11-21,23-12-8-9-13-24(23)30)35-26(33)25(31)18-19-32-27(34)36-28(2,3)4/h5-17,25H,18-19,31H2,1-4H3,(H,32,34). The number of amides is 1. The number of halogens is 1. The predicted octanol–water partition coefficient (Wildman–Crippen LogP) is 5.73. The average molecular weight is 509 g/mol. The summed E-state index contributed by atoms with van der Waals surface area (Å²) in [6, 6.07) is 23.5. The number of nitrogens with two attached hydrogens (primary N) is 1. The first-order valence-electron chi connectivity index (χ1n) is 11.9. The molecule has 36 heavy (non-hydrogen) atoms. The molecule has 0 fully saturated rings. The van der Waals surface area contributed by atoms with Gasteiger partial charge in [0.05, 0.1) is 0 Å². The van der Waals surface area contributed by atoms with Crippen LogP contribution in [-0.4, -0.2) is 30.3 Å². The van der Waals surface area contributed by atoms with E-state index in [0.717, 1.165) is 16.7 Å². The van der Waals surface area contributed by atoms with Gasteiger partial charge >= 0.3 is 12.1 Å². The quantitative estimate of drug-likeness (QED) is 0.300. The minimum Gasteiger partial charge on any atom is -0.444 e. The van der Waals surface area contributed by atoms with Crippen molar-refractivity contribution in [3.63, 3.8) is 0 Å². The van der Waals surface area contributed by atoms with Crippen LogP contribution in [0.3, 0.4) is 0 Å². The van der Waals surface area contributed by atoms with Crippen molar-refractivity contribution < 1.29 is 19.1 Å². The van der Waals surface area contributed by atoms with E-state index in [2.05, 4.69) is 5.32 Å². The zero-order valence-corrected chi connectivity index (χ0v) is 21.8. The number of ether oxygens (including phenoxy) is 2. The molecule has 1 amide bonds. The third kappa shape index (κ3) is 6.65. The molecule has 190 valence electrons. The minimum atomic E-state index is -1.33. The number of carbonyl (C=O) groups excluding carboxylic acids is 2. The van der Waals surface area contributed by atoms with E-state index < -0.39 is 29.3 Å². The molecule has 3 aromatic rings. The Morgan fingerprint density at radius 1 is 0.889 bits per heavy atom. The maximum Gasteiger partial charge on any atom is 0.407 e. The Morgan fingerprint density at radius 2 is 1.47 bits per heavy atom. The van der Waals surface area contributed by atoms with Crippen LogP contribution < -0.4 is 11.1 Å². The Morgan fingerprint density at radius 3 is 2.08 bits per heavy atom. The minimum absolute atomic E-state index is 0.153. The number of aryl methyl sites for hydroxylation is 1. The molecular weight excluding hydrogens is 476 g/mol. The molecule has 3 N–H and O–H groups in total. The van der Waals surface area contributed by atoms with Gasteiger partial charge in [0.1, 0.15) is 11.6 Å². The first kappa shape index (κ1) is 27.2. The second-order valence-electron chi connectivity index (χ2n) is 9.64. The molecule has 6 nitrogen and oxygen atoms in total. The van der Waals surface area contributed by atoms with Gasteiger partial charge < -0.3 is 20.5 Å². The summed E-state index contributed by atoms with van der Waals surface area (Å²) in [4.78, 5) is 25.4. The predicted molar refractivity (Wildman–Crippen MR) is 142 cm³/mol. The van der Waals surface area contributed by atoms with Crippen molar-refractivity contribution in [1.82, 2.24) is 5.32 Å². The van der Waals surface area contributed by atoms with Gasteiger partial charge in [-0.3, -0.25) is 4.79 Å². The topological polar surface area (TPSA) is 90.6 Å². The lowest BCUT2D eigenvalue weighted by atomic mass is 9.79. The summed E-state index contributed by atoms with van der Waals surface area (Å²) in [5, 5.41) is 3.08. The zero-order chi connectivity index (χ0) is 26.3. The van der Waals surface area contributed by atoms with Crippen LogP contribution >= 0.6 is 11.6 Å². The van der Waals surface area contributed by atoms with Gasteiger partial charge in [0.25, 0.3) is 0 Å². The summed E-state index contributed by atoms with van der Waals surface area (Å²) in [6.45, 7) is 7.47. The lowest BCUT2D eigenvalue weighted by Crippen LogP contribution is -2.43. The van der Waals surface area contributed by atoms with E-state index in [0.29, 0.717) is 10.6 Å². The Bertz CT molecular complexity index is 1180. The number of rotatable bonds is 8. The van der Waals surface area contributed by atoms with Crippen molar-refractivity contribution in [2.24, 2.45) is 5.73 Å². The van der Waals surface area contributed by atoms with Gasteiger partial charge in [0.2, 0.25) is 0 Å². The van der Waals surface area contributed by atoms with E-state index >= 15 is 0 Å². The van der Waals surface area contributed by atoms with Crippen molar-refractivity contribution in [2.75, 3.05) is 6.54 Å². The van der Waals surface area contributed by atoms with Crippen molar-refractivity contribution >= 4 is 23.7 Å². The van der Waals surface area contributed by atoms with Crippen molar-refractivity contribution in [3.8, 4) is 0 Å². The highest BCUT2D eigenvalue weighted by Gasteiger charge is 2.43. The number of alkyl carbamates (subject to hydrolysis) is 1. The van der Waals surface area contributed by atoms with Crippen LogP contribution in [0.15, 0.2) is 78.9 Å². The van der Waals surface area contributed by atoms with Crippen LogP contribution in [-0.2, 0) is 19.9 Å². The van der Waals surface area contributed by atoms with Crippen molar-refractivity contribution in [3.05, 3.63) is 106 Å². The maximum absolute atomic E-state index is 13.4. The molecule has 2 unspecified atom stereocenters. The van der Waals surface area contributed by atoms with Crippen molar-refractivity contribution in [1.29, 1.82) is 0 Å². The molecule has 0 spiro atoms. The fraction of sp³-hybridized carbons (Fsp3) is 0.310. The van der Waals surface area contributed by atoms with Gasteiger partial charge in [0.15, 0.2) is 5.60 Å². The molecule has 0 aliphatic rings. The van der Waals surface area contributed by atoms with Gasteiger partial charge in [-0.2, -0.15) is 0 Å². The van der Waals surface area contributed by atoms with Crippen LogP contribution in [0.1, 0.15) is 49.4 Å². The molecule has 0 saturated heterocycles. The van der Waals surface area contributed by atoms with Crippen LogP contribution in [0.4, 0.5) is 4.79 Å². The molecule has 7 heteroatoms. The molecule has 3 aromatic carbocycles. The van der Waals surface area contributed by atoms with E-state index in [1.807, 2.05) is 79.7 Å². The Balaban J connectivity index is 1.96. The molecule has 2 atom stereocenters. The van der Waals surface area contributed by atoms with Gasteiger partial charge in [-0.15, -0.1) is 0 Å². The Hall–Kier alpha value is -3.35. The molecule has 0 saturated carbocycles. The van der Waals surface area contributed by atoms with Crippen LogP contribution in [0.25, 0.3) is 0 Å². The van der Waals surface area contributed by atoms with E-state index in [-0.39, 0.29) is 13.0 Å². The highest BCUT2D eigenvalue weighted by atomic mass is 35.5. The summed E-state index contributed by atoms with van der Waals surface area (Å²) in [5.41, 5.74) is 7.43. The molecule has 3 rings (SSSR count). The molecular formula is C29H33ClN2O4. The van der Waals surface area contributed by atoms with Crippen LogP contribution in [0.2, 0.25) is 5.02 Å². The smallest absolute Gasteiger partial charge is 0.407 e. The molecule has 0 aliphatic carbocycles. The van der Waals surface area contributed by atoms with Gasteiger partial charge in [0, 0.05) is 28.3 Å². The monoisotopic (exact) mass is 508 g/mol. The number of nitrogens with one attached hydrogen (secondary N) is 1. The largest absolute Gasteiger partial charge is 0.444 e. The van der Waals surface area contributed by atoms with Gasteiger partial charge in [-0.25, -0.2) is 4.79 Å². The second-order valence-corrected chi connectivity index (χ2v) is 10.0. The summed E-state index contributed by atoms with van der Waals surface area (Å²) in [6.07, 6.45) is -0.406. The van der Waals surface area contributed by atoms with Crippen molar-refractivity contribution in [2.45, 2.75) is 51.4 Å². The first-order chi connectivity index (χ1) is 17.0. The second kappa shape index (κ2) is 11.6. The molecule has 0 heterocycles. The number of hydrogen-bond donors (Lipinski definition) is 2. The number of hydrogen-bond acceptors (Lipinski definition) is 5. The highest BCUT2D eigenvalue weighted by Crippen LogP contribution is 2.43. The van der Waals surface area contributed by atoms with Gasteiger partial charge in [-0.1, -0.05) is 90.0 Å². The van der Waals surface area contributed by atoms with Gasteiger partial charge in [-0.05, 0) is 40.2 Å². The molecule has 0 aliphatic heterocycles. The Labute approximate surface area is 217 Å². The Kier molecular flexibility index (Phi) is 8.77. The maximum atomic E-state index is 13.4. The lowest BCUT2D eigenvalue weighted by molar-refractivity contribution is -0.155. The third-order valence-electron chi connectivity index (χ3n) is 5.57. The van der Waals surface area contributed by atoms with E-state index in [1.54, 1.807) is 26.8 Å².